The Labute approximate surface area is 115 Å². The highest BCUT2D eigenvalue weighted by Gasteiger charge is 2.15. The third-order valence-corrected chi connectivity index (χ3v) is 4.09. The molecule has 1 aromatic rings. The molecule has 0 aliphatic rings. The van der Waals surface area contributed by atoms with E-state index < -0.39 is 9.84 Å². The number of carbonyl (C=O) groups excluding carboxylic acids is 1. The fourth-order valence-electron chi connectivity index (χ4n) is 1.71. The first-order valence-corrected chi connectivity index (χ1v) is 8.25. The molecule has 5 heteroatoms. The van der Waals surface area contributed by atoms with Crippen molar-refractivity contribution in [2.45, 2.75) is 38.1 Å². The summed E-state index contributed by atoms with van der Waals surface area (Å²) < 4.78 is 22.8. The fourth-order valence-corrected chi connectivity index (χ4v) is 2.34. The quantitative estimate of drug-likeness (QED) is 0.902. The van der Waals surface area contributed by atoms with E-state index in [1.807, 2.05) is 20.8 Å². The Hall–Kier alpha value is -1.36. The maximum atomic E-state index is 11.7. The minimum absolute atomic E-state index is 0.000889. The van der Waals surface area contributed by atoms with Crippen LogP contribution in [0.4, 0.5) is 0 Å². The number of carbonyl (C=O) groups is 1. The molecule has 0 saturated heterocycles. The molecule has 19 heavy (non-hydrogen) atoms. The van der Waals surface area contributed by atoms with Crippen LogP contribution in [0.2, 0.25) is 0 Å². The molecule has 106 valence electrons. The van der Waals surface area contributed by atoms with E-state index in [1.54, 1.807) is 24.3 Å². The average Bonchev–Trinajstić information content (AvgIpc) is 2.34. The summed E-state index contributed by atoms with van der Waals surface area (Å²) >= 11 is 0. The SMILES string of the molecule is CC[C@@H](NC(=O)C(C)C)c1ccc(S(C)(=O)=O)cc1. The van der Waals surface area contributed by atoms with Crippen molar-refractivity contribution in [3.63, 3.8) is 0 Å². The first-order chi connectivity index (χ1) is 8.75. The zero-order chi connectivity index (χ0) is 14.6. The van der Waals surface area contributed by atoms with Gasteiger partial charge < -0.3 is 5.32 Å². The molecule has 4 nitrogen and oxygen atoms in total. The molecule has 0 heterocycles. The Morgan fingerprint density at radius 3 is 2.11 bits per heavy atom. The van der Waals surface area contributed by atoms with Gasteiger partial charge in [0.25, 0.3) is 0 Å². The molecule has 0 aliphatic heterocycles. The molecule has 0 unspecified atom stereocenters. The van der Waals surface area contributed by atoms with Crippen LogP contribution < -0.4 is 5.32 Å². The van der Waals surface area contributed by atoms with E-state index in [9.17, 15) is 13.2 Å². The van der Waals surface area contributed by atoms with Crippen LogP contribution in [0.5, 0.6) is 0 Å². The largest absolute Gasteiger partial charge is 0.349 e. The summed E-state index contributed by atoms with van der Waals surface area (Å²) in [7, 11) is -3.18. The van der Waals surface area contributed by atoms with Crippen LogP contribution in [0.25, 0.3) is 0 Å². The zero-order valence-corrected chi connectivity index (χ0v) is 12.6. The summed E-state index contributed by atoms with van der Waals surface area (Å²) in [5.74, 6) is -0.0663. The third kappa shape index (κ3) is 4.35. The van der Waals surface area contributed by atoms with E-state index in [2.05, 4.69) is 5.32 Å². The van der Waals surface area contributed by atoms with Crippen molar-refractivity contribution in [2.75, 3.05) is 6.26 Å². The molecular formula is C14H21NO3S. The molecule has 0 aromatic heterocycles. The second-order valence-electron chi connectivity index (χ2n) is 4.97. The van der Waals surface area contributed by atoms with Gasteiger partial charge in [0.05, 0.1) is 10.9 Å². The van der Waals surface area contributed by atoms with Crippen molar-refractivity contribution >= 4 is 15.7 Å². The third-order valence-electron chi connectivity index (χ3n) is 2.96. The van der Waals surface area contributed by atoms with Gasteiger partial charge in [-0.2, -0.15) is 0 Å². The van der Waals surface area contributed by atoms with Gasteiger partial charge in [-0.1, -0.05) is 32.9 Å². The highest BCUT2D eigenvalue weighted by Crippen LogP contribution is 2.19. The van der Waals surface area contributed by atoms with Gasteiger partial charge in [0.2, 0.25) is 5.91 Å². The summed E-state index contributed by atoms with van der Waals surface area (Å²) in [5, 5.41) is 2.95. The monoisotopic (exact) mass is 283 g/mol. The maximum absolute atomic E-state index is 11.7. The molecule has 0 spiro atoms. The van der Waals surface area contributed by atoms with Gasteiger partial charge in [-0.05, 0) is 24.1 Å². The van der Waals surface area contributed by atoms with Crippen LogP contribution in [0.1, 0.15) is 38.8 Å². The molecule has 0 fully saturated rings. The second-order valence-corrected chi connectivity index (χ2v) is 6.98. The lowest BCUT2D eigenvalue weighted by Gasteiger charge is -2.19. The number of benzene rings is 1. The summed E-state index contributed by atoms with van der Waals surface area (Å²) in [6.45, 7) is 5.67. The first-order valence-electron chi connectivity index (χ1n) is 6.36. The minimum Gasteiger partial charge on any atom is -0.349 e. The summed E-state index contributed by atoms with van der Waals surface area (Å²) in [5.41, 5.74) is 0.920. The summed E-state index contributed by atoms with van der Waals surface area (Å²) in [4.78, 5) is 12.0. The van der Waals surface area contributed by atoms with Crippen molar-refractivity contribution in [1.29, 1.82) is 0 Å². The molecular weight excluding hydrogens is 262 g/mol. The van der Waals surface area contributed by atoms with Crippen LogP contribution >= 0.6 is 0 Å². The molecule has 1 amide bonds. The van der Waals surface area contributed by atoms with Crippen molar-refractivity contribution in [2.24, 2.45) is 5.92 Å². The standard InChI is InChI=1S/C14H21NO3S/c1-5-13(15-14(16)10(2)3)11-6-8-12(9-7-11)19(4,17)18/h6-10,13H,5H2,1-4H3,(H,15,16)/t13-/m1/s1. The van der Waals surface area contributed by atoms with Crippen LogP contribution in [-0.4, -0.2) is 20.6 Å². The average molecular weight is 283 g/mol. The number of rotatable bonds is 5. The topological polar surface area (TPSA) is 63.2 Å². The van der Waals surface area contributed by atoms with E-state index in [4.69, 9.17) is 0 Å². The molecule has 0 saturated carbocycles. The van der Waals surface area contributed by atoms with E-state index in [0.717, 1.165) is 12.0 Å². The Bertz CT molecular complexity index is 532. The van der Waals surface area contributed by atoms with Gasteiger partial charge in [-0.25, -0.2) is 8.42 Å². The van der Waals surface area contributed by atoms with Crippen molar-refractivity contribution < 1.29 is 13.2 Å². The fraction of sp³-hybridized carbons (Fsp3) is 0.500. The molecule has 1 aromatic carbocycles. The number of nitrogens with one attached hydrogen (secondary N) is 1. The predicted molar refractivity (Wildman–Crippen MR) is 75.6 cm³/mol. The van der Waals surface area contributed by atoms with Gasteiger partial charge in [0.1, 0.15) is 0 Å². The van der Waals surface area contributed by atoms with Crippen molar-refractivity contribution in [3.8, 4) is 0 Å². The predicted octanol–water partition coefficient (Wildman–Crippen LogP) is 2.31. The van der Waals surface area contributed by atoms with E-state index in [0.29, 0.717) is 4.90 Å². The van der Waals surface area contributed by atoms with E-state index >= 15 is 0 Å². The summed E-state index contributed by atoms with van der Waals surface area (Å²) in [6, 6.07) is 6.59. The van der Waals surface area contributed by atoms with Gasteiger partial charge in [-0.3, -0.25) is 4.79 Å². The Morgan fingerprint density at radius 1 is 1.21 bits per heavy atom. The normalized spacial score (nSPS) is 13.3. The lowest BCUT2D eigenvalue weighted by molar-refractivity contribution is -0.124. The van der Waals surface area contributed by atoms with Crippen LogP contribution in [0, 0.1) is 5.92 Å². The van der Waals surface area contributed by atoms with E-state index in [-0.39, 0.29) is 17.9 Å². The summed E-state index contributed by atoms with van der Waals surface area (Å²) in [6.07, 6.45) is 1.94. The van der Waals surface area contributed by atoms with Gasteiger partial charge in [0.15, 0.2) is 9.84 Å². The lowest BCUT2D eigenvalue weighted by Crippen LogP contribution is -2.31. The van der Waals surface area contributed by atoms with Gasteiger partial charge >= 0.3 is 0 Å². The molecule has 1 N–H and O–H groups in total. The van der Waals surface area contributed by atoms with Crippen LogP contribution in [-0.2, 0) is 14.6 Å². The van der Waals surface area contributed by atoms with Crippen molar-refractivity contribution in [1.82, 2.24) is 5.32 Å². The molecule has 0 bridgehead atoms. The number of sulfone groups is 1. The smallest absolute Gasteiger partial charge is 0.223 e. The number of hydrogen-bond acceptors (Lipinski definition) is 3. The highest BCUT2D eigenvalue weighted by molar-refractivity contribution is 7.90. The van der Waals surface area contributed by atoms with Crippen LogP contribution in [0.3, 0.4) is 0 Å². The number of amides is 1. The van der Waals surface area contributed by atoms with Gasteiger partial charge in [-0.15, -0.1) is 0 Å². The van der Waals surface area contributed by atoms with Crippen LogP contribution in [0.15, 0.2) is 29.2 Å². The maximum Gasteiger partial charge on any atom is 0.223 e. The first kappa shape index (κ1) is 15.7. The molecule has 0 aliphatic carbocycles. The Morgan fingerprint density at radius 2 is 1.74 bits per heavy atom. The van der Waals surface area contributed by atoms with Crippen molar-refractivity contribution in [3.05, 3.63) is 29.8 Å². The van der Waals surface area contributed by atoms with E-state index in [1.165, 1.54) is 6.26 Å². The molecule has 0 radical (unpaired) electrons. The molecule has 1 rings (SSSR count). The Balaban J connectivity index is 2.92. The highest BCUT2D eigenvalue weighted by atomic mass is 32.2. The lowest BCUT2D eigenvalue weighted by atomic mass is 10.0. The number of hydrogen-bond donors (Lipinski definition) is 1. The zero-order valence-electron chi connectivity index (χ0n) is 11.8. The van der Waals surface area contributed by atoms with Gasteiger partial charge in [0, 0.05) is 12.2 Å². The second kappa shape index (κ2) is 6.19. The molecule has 1 atom stereocenters. The minimum atomic E-state index is -3.18. The Kier molecular flexibility index (Phi) is 5.11.